The number of piperidine rings is 1. The highest BCUT2D eigenvalue weighted by molar-refractivity contribution is 5.98. The fourth-order valence-electron chi connectivity index (χ4n) is 6.74. The number of ether oxygens (including phenoxy) is 1. The maximum Gasteiger partial charge on any atom is 0.328 e. The minimum Gasteiger partial charge on any atom is -0.467 e. The van der Waals surface area contributed by atoms with E-state index in [2.05, 4.69) is 65.7 Å². The van der Waals surface area contributed by atoms with Gasteiger partial charge in [0.05, 0.1) is 12.0 Å². The molecule has 2 aliphatic rings. The molecule has 1 fully saturated rings. The number of nitro groups is 1. The van der Waals surface area contributed by atoms with Gasteiger partial charge in [-0.05, 0) is 62.2 Å². The smallest absolute Gasteiger partial charge is 0.328 e. The fourth-order valence-corrected chi connectivity index (χ4v) is 6.74. The highest BCUT2D eigenvalue weighted by Gasteiger charge is 2.40. The number of methoxy groups -OCH3 is 1. The molecule has 3 aromatic carbocycles. The number of amides is 1. The highest BCUT2D eigenvalue weighted by atomic mass is 16.6. The Kier molecular flexibility index (Phi) is 9.78. The van der Waals surface area contributed by atoms with Gasteiger partial charge in [0.15, 0.2) is 0 Å². The maximum atomic E-state index is 13.9. The van der Waals surface area contributed by atoms with E-state index in [1.165, 1.54) is 35.3 Å². The Morgan fingerprint density at radius 3 is 2.11 bits per heavy atom. The molecule has 1 saturated heterocycles. The predicted octanol–water partition coefficient (Wildman–Crippen LogP) is 5.54. The molecule has 0 radical (unpaired) electrons. The molecule has 1 amide bonds. The van der Waals surface area contributed by atoms with E-state index < -0.39 is 22.9 Å². The average Bonchev–Trinajstić information content (AvgIpc) is 3.10. The molecule has 0 spiro atoms. The Bertz CT molecular complexity index is 1510. The molecule has 3 aromatic rings. The van der Waals surface area contributed by atoms with Crippen LogP contribution >= 0.6 is 0 Å². The molecule has 0 aromatic heterocycles. The molecule has 9 heteroatoms. The molecule has 9 nitrogen and oxygen atoms in total. The lowest BCUT2D eigenvalue weighted by Crippen LogP contribution is -2.51. The van der Waals surface area contributed by atoms with Crippen molar-refractivity contribution in [3.05, 3.63) is 136 Å². The second-order valence-corrected chi connectivity index (χ2v) is 11.8. The number of carbonyl (C=O) groups excluding carboxylic acids is 2. The molecule has 45 heavy (non-hydrogen) atoms. The van der Waals surface area contributed by atoms with Crippen molar-refractivity contribution >= 4 is 17.6 Å². The Morgan fingerprint density at radius 2 is 1.58 bits per heavy atom. The van der Waals surface area contributed by atoms with Crippen LogP contribution < -0.4 is 5.32 Å². The summed E-state index contributed by atoms with van der Waals surface area (Å²) in [5.74, 6) is -1.21. The predicted molar refractivity (Wildman–Crippen MR) is 173 cm³/mol. The Labute approximate surface area is 264 Å². The van der Waals surface area contributed by atoms with Gasteiger partial charge in [0, 0.05) is 48.3 Å². The van der Waals surface area contributed by atoms with Gasteiger partial charge in [-0.3, -0.25) is 14.9 Å². The lowest BCUT2D eigenvalue weighted by molar-refractivity contribution is -0.384. The first kappa shape index (κ1) is 31.7. The Hall–Kier alpha value is -4.76. The van der Waals surface area contributed by atoms with Crippen molar-refractivity contribution in [3.63, 3.8) is 0 Å². The second kappa shape index (κ2) is 13.9. The molecular weight excluding hydrogens is 568 g/mol. The van der Waals surface area contributed by atoms with Crippen molar-refractivity contribution in [2.75, 3.05) is 27.2 Å². The molecule has 5 rings (SSSR count). The third kappa shape index (κ3) is 6.68. The van der Waals surface area contributed by atoms with E-state index in [1.807, 2.05) is 18.2 Å². The SMILES string of the molecule is COC(=O)C(CC(C)N1CCC(c2ccccc2)(c2ccccc2)CC1)N(C)C(=O)C1=CNC=CC1c1ccc([N+](=O)[O-])cc1. The summed E-state index contributed by atoms with van der Waals surface area (Å²) in [6.45, 7) is 3.80. The van der Waals surface area contributed by atoms with Gasteiger partial charge in [-0.25, -0.2) is 4.79 Å². The first-order valence-electron chi connectivity index (χ1n) is 15.3. The molecule has 234 valence electrons. The van der Waals surface area contributed by atoms with Gasteiger partial charge >= 0.3 is 5.97 Å². The van der Waals surface area contributed by atoms with Crippen molar-refractivity contribution in [1.29, 1.82) is 0 Å². The zero-order valence-corrected chi connectivity index (χ0v) is 26.0. The number of carbonyl (C=O) groups is 2. The molecule has 0 aliphatic carbocycles. The van der Waals surface area contributed by atoms with Crippen molar-refractivity contribution in [2.45, 2.75) is 49.6 Å². The number of dihydropyridines is 1. The van der Waals surface area contributed by atoms with E-state index in [-0.39, 0.29) is 23.1 Å². The minimum absolute atomic E-state index is 0.0118. The molecule has 0 saturated carbocycles. The number of nitrogens with one attached hydrogen (secondary N) is 1. The summed E-state index contributed by atoms with van der Waals surface area (Å²) >= 11 is 0. The molecule has 2 heterocycles. The number of likely N-dealkylation sites (tertiary alicyclic amines) is 1. The van der Waals surface area contributed by atoms with Crippen LogP contribution in [0.25, 0.3) is 0 Å². The number of nitro benzene ring substituents is 1. The first-order chi connectivity index (χ1) is 21.7. The molecule has 0 bridgehead atoms. The Morgan fingerprint density at radius 1 is 1.00 bits per heavy atom. The second-order valence-electron chi connectivity index (χ2n) is 11.8. The maximum absolute atomic E-state index is 13.9. The molecule has 3 atom stereocenters. The number of nitrogens with zero attached hydrogens (tertiary/aromatic N) is 3. The average molecular weight is 609 g/mol. The normalized spacial score (nSPS) is 19.0. The quantitative estimate of drug-likeness (QED) is 0.183. The van der Waals surface area contributed by atoms with Gasteiger partial charge in [-0.2, -0.15) is 0 Å². The minimum atomic E-state index is -0.795. The number of rotatable bonds is 10. The fraction of sp³-hybridized carbons (Fsp3) is 0.333. The van der Waals surface area contributed by atoms with Crippen LogP contribution in [-0.4, -0.2) is 65.9 Å². The largest absolute Gasteiger partial charge is 0.467 e. The lowest BCUT2D eigenvalue weighted by Gasteiger charge is -2.45. The van der Waals surface area contributed by atoms with E-state index >= 15 is 0 Å². The van der Waals surface area contributed by atoms with E-state index in [9.17, 15) is 19.7 Å². The molecular formula is C36H40N4O5. The molecule has 2 aliphatic heterocycles. The number of hydrogen-bond donors (Lipinski definition) is 1. The summed E-state index contributed by atoms with van der Waals surface area (Å²) in [5.41, 5.74) is 3.69. The zero-order valence-electron chi connectivity index (χ0n) is 26.0. The summed E-state index contributed by atoms with van der Waals surface area (Å²) in [6, 6.07) is 26.7. The van der Waals surface area contributed by atoms with Gasteiger partial charge < -0.3 is 19.9 Å². The van der Waals surface area contributed by atoms with Crippen LogP contribution in [0.5, 0.6) is 0 Å². The van der Waals surface area contributed by atoms with Crippen molar-refractivity contribution in [2.24, 2.45) is 0 Å². The summed E-state index contributed by atoms with van der Waals surface area (Å²) in [4.78, 5) is 41.6. The van der Waals surface area contributed by atoms with Crippen LogP contribution in [0.3, 0.4) is 0 Å². The zero-order chi connectivity index (χ0) is 32.0. The number of hydrogen-bond acceptors (Lipinski definition) is 7. The summed E-state index contributed by atoms with van der Waals surface area (Å²) in [5, 5.41) is 14.1. The van der Waals surface area contributed by atoms with Gasteiger partial charge in [-0.1, -0.05) is 78.9 Å². The Balaban J connectivity index is 1.31. The van der Waals surface area contributed by atoms with Crippen LogP contribution in [0.15, 0.2) is 109 Å². The number of allylic oxidation sites excluding steroid dienone is 1. The van der Waals surface area contributed by atoms with Crippen LogP contribution in [-0.2, 0) is 19.7 Å². The van der Waals surface area contributed by atoms with Crippen LogP contribution in [0.2, 0.25) is 0 Å². The standard InChI is InChI=1S/C36H40N4O5/c1-26(39-22-19-36(20-23-39,28-10-6-4-7-11-28)29-12-8-5-9-13-29)24-33(35(42)45-3)38(2)34(41)32-25-37-21-18-31(32)27-14-16-30(17-15-27)40(43)44/h4-18,21,25-26,31,33,37H,19-20,22-24H2,1-3H3. The summed E-state index contributed by atoms with van der Waals surface area (Å²) in [6.07, 6.45) is 7.47. The van der Waals surface area contributed by atoms with Crippen molar-refractivity contribution < 1.29 is 19.2 Å². The van der Waals surface area contributed by atoms with E-state index in [4.69, 9.17) is 4.74 Å². The third-order valence-electron chi connectivity index (χ3n) is 9.42. The summed E-state index contributed by atoms with van der Waals surface area (Å²) in [7, 11) is 2.98. The number of esters is 1. The van der Waals surface area contributed by atoms with Crippen molar-refractivity contribution in [1.82, 2.24) is 15.1 Å². The topological polar surface area (TPSA) is 105 Å². The van der Waals surface area contributed by atoms with Crippen LogP contribution in [0.4, 0.5) is 5.69 Å². The number of benzene rings is 3. The summed E-state index contributed by atoms with van der Waals surface area (Å²) < 4.78 is 5.19. The molecule has 1 N–H and O–H groups in total. The van der Waals surface area contributed by atoms with Crippen LogP contribution in [0, 0.1) is 10.1 Å². The highest BCUT2D eigenvalue weighted by Crippen LogP contribution is 2.42. The first-order valence-corrected chi connectivity index (χ1v) is 15.3. The number of likely N-dealkylation sites (N-methyl/N-ethyl adjacent to an activating group) is 1. The lowest BCUT2D eigenvalue weighted by atomic mass is 9.68. The number of non-ortho nitro benzene ring substituents is 1. The van der Waals surface area contributed by atoms with E-state index in [1.54, 1.807) is 31.6 Å². The van der Waals surface area contributed by atoms with Gasteiger partial charge in [0.1, 0.15) is 6.04 Å². The van der Waals surface area contributed by atoms with Gasteiger partial charge in [0.25, 0.3) is 11.6 Å². The van der Waals surface area contributed by atoms with Gasteiger partial charge in [0.2, 0.25) is 0 Å². The monoisotopic (exact) mass is 608 g/mol. The molecule has 3 unspecified atom stereocenters. The van der Waals surface area contributed by atoms with Crippen LogP contribution in [0.1, 0.15) is 48.8 Å². The third-order valence-corrected chi connectivity index (χ3v) is 9.42. The van der Waals surface area contributed by atoms with Gasteiger partial charge in [-0.15, -0.1) is 0 Å². The van der Waals surface area contributed by atoms with Crippen molar-refractivity contribution in [3.8, 4) is 0 Å². The van der Waals surface area contributed by atoms with E-state index in [0.29, 0.717) is 12.0 Å². The van der Waals surface area contributed by atoms with E-state index in [0.717, 1.165) is 31.5 Å².